The van der Waals surface area contributed by atoms with Gasteiger partial charge >= 0.3 is 0 Å². The van der Waals surface area contributed by atoms with Gasteiger partial charge in [-0.25, -0.2) is 0 Å². The lowest BCUT2D eigenvalue weighted by atomic mass is 10.0. The Morgan fingerprint density at radius 1 is 0.939 bits per heavy atom. The van der Waals surface area contributed by atoms with Gasteiger partial charge in [0.15, 0.2) is 0 Å². The van der Waals surface area contributed by atoms with Crippen molar-refractivity contribution in [3.63, 3.8) is 0 Å². The number of hydrogen-bond donors (Lipinski definition) is 1. The zero-order chi connectivity index (χ0) is 23.6. The monoisotopic (exact) mass is 544 g/mol. The summed E-state index contributed by atoms with van der Waals surface area (Å²) in [6.07, 6.45) is 0.449. The van der Waals surface area contributed by atoms with Gasteiger partial charge in [-0.1, -0.05) is 82.1 Å². The van der Waals surface area contributed by atoms with Crippen LogP contribution in [0.3, 0.4) is 0 Å². The number of likely N-dealkylation sites (N-methyl/N-ethyl adjacent to an activating group) is 1. The summed E-state index contributed by atoms with van der Waals surface area (Å²) in [5.74, 6) is 0.730. The summed E-state index contributed by atoms with van der Waals surface area (Å²) >= 11 is 10.9. The van der Waals surface area contributed by atoms with E-state index in [0.717, 1.165) is 21.2 Å². The zero-order valence-corrected chi connectivity index (χ0v) is 21.5. The van der Waals surface area contributed by atoms with Crippen molar-refractivity contribution < 1.29 is 9.59 Å². The summed E-state index contributed by atoms with van der Waals surface area (Å²) in [7, 11) is 1.61. The minimum absolute atomic E-state index is 0.0681. The predicted octanol–water partition coefficient (Wildman–Crippen LogP) is 5.72. The van der Waals surface area contributed by atoms with Crippen LogP contribution in [0.25, 0.3) is 0 Å². The maximum atomic E-state index is 13.4. The predicted molar refractivity (Wildman–Crippen MR) is 140 cm³/mol. The number of carbonyl (C=O) groups excluding carboxylic acids is 2. The Morgan fingerprint density at radius 3 is 2.21 bits per heavy atom. The first-order valence-electron chi connectivity index (χ1n) is 10.6. The second kappa shape index (κ2) is 12.8. The summed E-state index contributed by atoms with van der Waals surface area (Å²) in [6.45, 7) is 0.360. The van der Waals surface area contributed by atoms with Crippen molar-refractivity contribution in [1.29, 1.82) is 0 Å². The Kier molecular flexibility index (Phi) is 9.85. The van der Waals surface area contributed by atoms with Crippen molar-refractivity contribution in [3.05, 3.63) is 105 Å². The molecule has 0 aliphatic carbocycles. The van der Waals surface area contributed by atoms with E-state index in [-0.39, 0.29) is 17.6 Å². The fourth-order valence-corrected chi connectivity index (χ4v) is 4.69. The lowest BCUT2D eigenvalue weighted by Gasteiger charge is -2.31. The number of amides is 2. The maximum absolute atomic E-state index is 13.4. The van der Waals surface area contributed by atoms with Crippen molar-refractivity contribution in [3.8, 4) is 0 Å². The molecule has 7 heteroatoms. The van der Waals surface area contributed by atoms with Gasteiger partial charge in [-0.05, 0) is 41.0 Å². The minimum Gasteiger partial charge on any atom is -0.357 e. The molecule has 0 spiro atoms. The highest BCUT2D eigenvalue weighted by Crippen LogP contribution is 2.20. The number of carbonyl (C=O) groups is 2. The summed E-state index contributed by atoms with van der Waals surface area (Å²) in [5.41, 5.74) is 3.08. The standard InChI is InChI=1S/C26H26BrClN2O2S/c1-29-26(32)24(15-19-5-3-2-4-6-19)30(16-20-7-11-22(27)12-8-20)25(31)18-33-17-21-9-13-23(28)14-10-21/h2-14,24H,15-18H2,1H3,(H,29,32)/t24-/m0/s1. The van der Waals surface area contributed by atoms with E-state index in [9.17, 15) is 9.59 Å². The number of halogens is 2. The molecule has 0 radical (unpaired) electrons. The third-order valence-electron chi connectivity index (χ3n) is 5.19. The molecular formula is C26H26BrClN2O2S. The molecule has 33 heavy (non-hydrogen) atoms. The molecule has 0 aromatic heterocycles. The SMILES string of the molecule is CNC(=O)[C@H](Cc1ccccc1)N(Cc1ccc(Br)cc1)C(=O)CSCc1ccc(Cl)cc1. The lowest BCUT2D eigenvalue weighted by Crippen LogP contribution is -2.50. The maximum Gasteiger partial charge on any atom is 0.242 e. The third kappa shape index (κ3) is 7.91. The summed E-state index contributed by atoms with van der Waals surface area (Å²) in [5, 5.41) is 3.43. The molecule has 3 rings (SSSR count). The van der Waals surface area contributed by atoms with Gasteiger partial charge in [0.25, 0.3) is 0 Å². The van der Waals surface area contributed by atoms with Gasteiger partial charge in [0.2, 0.25) is 11.8 Å². The van der Waals surface area contributed by atoms with Crippen LogP contribution in [0.5, 0.6) is 0 Å². The molecule has 3 aromatic rings. The number of hydrogen-bond acceptors (Lipinski definition) is 3. The summed E-state index contributed by atoms with van der Waals surface area (Å²) in [4.78, 5) is 28.0. The van der Waals surface area contributed by atoms with Crippen LogP contribution < -0.4 is 5.32 Å². The molecule has 0 fully saturated rings. The molecule has 0 saturated heterocycles. The van der Waals surface area contributed by atoms with E-state index < -0.39 is 6.04 Å². The van der Waals surface area contributed by atoms with Crippen molar-refractivity contribution in [2.45, 2.75) is 24.8 Å². The largest absolute Gasteiger partial charge is 0.357 e. The van der Waals surface area contributed by atoms with Gasteiger partial charge in [-0.2, -0.15) is 0 Å². The zero-order valence-electron chi connectivity index (χ0n) is 18.3. The molecule has 0 saturated carbocycles. The fraction of sp³-hybridized carbons (Fsp3) is 0.231. The Bertz CT molecular complexity index is 1050. The number of thioether (sulfide) groups is 1. The van der Waals surface area contributed by atoms with Gasteiger partial charge in [-0.3, -0.25) is 9.59 Å². The van der Waals surface area contributed by atoms with E-state index in [2.05, 4.69) is 21.2 Å². The molecular weight excluding hydrogens is 520 g/mol. The lowest BCUT2D eigenvalue weighted by molar-refractivity contribution is -0.139. The molecule has 0 heterocycles. The van der Waals surface area contributed by atoms with Crippen LogP contribution in [0.1, 0.15) is 16.7 Å². The fourth-order valence-electron chi connectivity index (χ4n) is 3.43. The quantitative estimate of drug-likeness (QED) is 0.354. The molecule has 0 aliphatic rings. The van der Waals surface area contributed by atoms with E-state index in [1.54, 1.807) is 11.9 Å². The van der Waals surface area contributed by atoms with Gasteiger partial charge in [-0.15, -0.1) is 11.8 Å². The van der Waals surface area contributed by atoms with Crippen LogP contribution in [-0.4, -0.2) is 35.6 Å². The van der Waals surface area contributed by atoms with Crippen molar-refractivity contribution >= 4 is 51.1 Å². The molecule has 0 unspecified atom stereocenters. The number of rotatable bonds is 10. The Morgan fingerprint density at radius 2 is 1.58 bits per heavy atom. The summed E-state index contributed by atoms with van der Waals surface area (Å²) < 4.78 is 0.967. The van der Waals surface area contributed by atoms with Crippen molar-refractivity contribution in [2.24, 2.45) is 0 Å². The molecule has 4 nitrogen and oxygen atoms in total. The van der Waals surface area contributed by atoms with E-state index in [1.807, 2.05) is 78.9 Å². The second-order valence-electron chi connectivity index (χ2n) is 7.59. The smallest absolute Gasteiger partial charge is 0.242 e. The van der Waals surface area contributed by atoms with E-state index in [4.69, 9.17) is 11.6 Å². The summed E-state index contributed by atoms with van der Waals surface area (Å²) in [6, 6.07) is 24.6. The molecule has 0 bridgehead atoms. The molecule has 0 aliphatic heterocycles. The van der Waals surface area contributed by atoms with Crippen molar-refractivity contribution in [1.82, 2.24) is 10.2 Å². The molecule has 1 atom stereocenters. The number of nitrogens with zero attached hydrogens (tertiary/aromatic N) is 1. The van der Waals surface area contributed by atoms with Crippen LogP contribution in [-0.2, 0) is 28.3 Å². The highest BCUT2D eigenvalue weighted by molar-refractivity contribution is 9.10. The van der Waals surface area contributed by atoms with E-state index in [0.29, 0.717) is 23.7 Å². The van der Waals surface area contributed by atoms with Gasteiger partial charge < -0.3 is 10.2 Å². The average molecular weight is 546 g/mol. The van der Waals surface area contributed by atoms with Gasteiger partial charge in [0, 0.05) is 35.3 Å². The van der Waals surface area contributed by atoms with E-state index >= 15 is 0 Å². The number of benzene rings is 3. The van der Waals surface area contributed by atoms with Crippen LogP contribution in [0.4, 0.5) is 0 Å². The van der Waals surface area contributed by atoms with Crippen molar-refractivity contribution in [2.75, 3.05) is 12.8 Å². The minimum atomic E-state index is -0.607. The van der Waals surface area contributed by atoms with Gasteiger partial charge in [0.05, 0.1) is 5.75 Å². The van der Waals surface area contributed by atoms with Crippen LogP contribution >= 0.6 is 39.3 Å². The highest BCUT2D eigenvalue weighted by atomic mass is 79.9. The topological polar surface area (TPSA) is 49.4 Å². The van der Waals surface area contributed by atoms with E-state index in [1.165, 1.54) is 11.8 Å². The first kappa shape index (κ1) is 25.3. The highest BCUT2D eigenvalue weighted by Gasteiger charge is 2.29. The first-order chi connectivity index (χ1) is 16.0. The Hall–Kier alpha value is -2.28. The normalized spacial score (nSPS) is 11.6. The third-order valence-corrected chi connectivity index (χ3v) is 6.96. The average Bonchev–Trinajstić information content (AvgIpc) is 2.83. The van der Waals surface area contributed by atoms with Gasteiger partial charge in [0.1, 0.15) is 6.04 Å². The first-order valence-corrected chi connectivity index (χ1v) is 12.9. The van der Waals surface area contributed by atoms with Crippen LogP contribution in [0.15, 0.2) is 83.3 Å². The Balaban J connectivity index is 1.79. The molecule has 3 aromatic carbocycles. The molecule has 1 N–H and O–H groups in total. The number of nitrogens with one attached hydrogen (secondary N) is 1. The van der Waals surface area contributed by atoms with Crippen LogP contribution in [0, 0.1) is 0 Å². The molecule has 172 valence electrons. The Labute approximate surface area is 212 Å². The second-order valence-corrected chi connectivity index (χ2v) is 9.92. The molecule has 2 amide bonds. The van der Waals surface area contributed by atoms with Crippen LogP contribution in [0.2, 0.25) is 5.02 Å².